The fourth-order valence-electron chi connectivity index (χ4n) is 5.50. The van der Waals surface area contributed by atoms with Gasteiger partial charge >= 0.3 is 18.5 Å². The molecular weight excluding hydrogens is 593 g/mol. The molecule has 1 atom stereocenters. The Morgan fingerprint density at radius 1 is 0.791 bits per heavy atom. The Kier molecular flexibility index (Phi) is 9.44. The van der Waals surface area contributed by atoms with E-state index in [0.29, 0.717) is 57.0 Å². The normalized spacial score (nSPS) is 20.8. The Morgan fingerprint density at radius 3 is 1.88 bits per heavy atom. The molecule has 238 valence electrons. The number of ether oxygens (including phenoxy) is 1. The molecule has 2 aromatic rings. The first kappa shape index (κ1) is 33.1. The summed E-state index contributed by atoms with van der Waals surface area (Å²) in [4.78, 5) is 19.0. The van der Waals surface area contributed by atoms with Crippen molar-refractivity contribution in [2.45, 2.75) is 50.4 Å². The molecule has 2 aliphatic heterocycles. The molecule has 14 heteroatoms. The van der Waals surface area contributed by atoms with E-state index < -0.39 is 52.7 Å². The van der Waals surface area contributed by atoms with Crippen molar-refractivity contribution in [2.24, 2.45) is 0 Å². The number of amides is 1. The minimum absolute atomic E-state index is 0.0103. The van der Waals surface area contributed by atoms with Crippen LogP contribution in [0.25, 0.3) is 0 Å². The SMILES string of the molecule is CC1(C)CN(CCN2CCN(C(=O)c3cc(C(F)(F)F)cc(C(F)(F)F)c3)[C@H](Cc3ccc(C(F)(F)F)cc3)C2)CCO1. The lowest BCUT2D eigenvalue weighted by Crippen LogP contribution is -2.57. The van der Waals surface area contributed by atoms with Crippen molar-refractivity contribution in [2.75, 3.05) is 52.4 Å². The highest BCUT2D eigenvalue weighted by Gasteiger charge is 2.39. The van der Waals surface area contributed by atoms with Crippen molar-refractivity contribution in [3.8, 4) is 0 Å². The summed E-state index contributed by atoms with van der Waals surface area (Å²) >= 11 is 0. The zero-order valence-electron chi connectivity index (χ0n) is 23.5. The molecule has 0 aromatic heterocycles. The van der Waals surface area contributed by atoms with Crippen LogP contribution in [0, 0.1) is 0 Å². The Hall–Kier alpha value is -2.84. The molecule has 0 N–H and O–H groups in total. The highest BCUT2D eigenvalue weighted by atomic mass is 19.4. The van der Waals surface area contributed by atoms with E-state index in [-0.39, 0.29) is 31.2 Å². The lowest BCUT2D eigenvalue weighted by atomic mass is 9.98. The van der Waals surface area contributed by atoms with Crippen LogP contribution in [0.5, 0.6) is 0 Å². The Labute approximate surface area is 243 Å². The second-order valence-corrected chi connectivity index (χ2v) is 11.5. The van der Waals surface area contributed by atoms with E-state index in [4.69, 9.17) is 4.74 Å². The first-order valence-corrected chi connectivity index (χ1v) is 13.7. The van der Waals surface area contributed by atoms with Crippen molar-refractivity contribution in [3.05, 3.63) is 70.3 Å². The quantitative estimate of drug-likeness (QED) is 0.357. The van der Waals surface area contributed by atoms with Crippen LogP contribution in [0.4, 0.5) is 39.5 Å². The highest BCUT2D eigenvalue weighted by molar-refractivity contribution is 5.95. The zero-order chi connectivity index (χ0) is 31.8. The third-order valence-electron chi connectivity index (χ3n) is 7.65. The van der Waals surface area contributed by atoms with E-state index in [1.54, 1.807) is 0 Å². The van der Waals surface area contributed by atoms with E-state index >= 15 is 0 Å². The number of halogens is 9. The summed E-state index contributed by atoms with van der Waals surface area (Å²) in [5.74, 6) is -1.01. The van der Waals surface area contributed by atoms with Crippen molar-refractivity contribution in [3.63, 3.8) is 0 Å². The van der Waals surface area contributed by atoms with Crippen LogP contribution < -0.4 is 0 Å². The summed E-state index contributed by atoms with van der Waals surface area (Å²) in [5, 5.41) is 0. The zero-order valence-corrected chi connectivity index (χ0v) is 23.5. The molecule has 2 heterocycles. The van der Waals surface area contributed by atoms with Gasteiger partial charge in [0.15, 0.2) is 0 Å². The van der Waals surface area contributed by atoms with Crippen LogP contribution >= 0.6 is 0 Å². The predicted octanol–water partition coefficient (Wildman–Crippen LogP) is 6.22. The number of hydrogen-bond acceptors (Lipinski definition) is 4. The molecule has 0 radical (unpaired) electrons. The summed E-state index contributed by atoms with van der Waals surface area (Å²) in [5.41, 5.74) is -4.72. The van der Waals surface area contributed by atoms with Gasteiger partial charge in [0.25, 0.3) is 5.91 Å². The van der Waals surface area contributed by atoms with Gasteiger partial charge in [-0.05, 0) is 56.2 Å². The molecule has 0 unspecified atom stereocenters. The van der Waals surface area contributed by atoms with Gasteiger partial charge in [0.05, 0.1) is 28.9 Å². The van der Waals surface area contributed by atoms with Crippen LogP contribution in [0.15, 0.2) is 42.5 Å². The number of carbonyl (C=O) groups excluding carboxylic acids is 1. The van der Waals surface area contributed by atoms with Crippen molar-refractivity contribution in [1.29, 1.82) is 0 Å². The average Bonchev–Trinajstić information content (AvgIpc) is 2.90. The van der Waals surface area contributed by atoms with E-state index in [1.165, 1.54) is 17.0 Å². The average molecular weight is 626 g/mol. The number of morpholine rings is 1. The standard InChI is InChI=1S/C29H32F9N3O2/c1-26(2)18-40(11-12-43-26)8-7-39-9-10-41(24(17-39)13-19-3-5-21(6-4-19)27(30,31)32)25(42)20-14-22(28(33,34)35)16-23(15-20)29(36,37)38/h3-6,14-16,24H,7-13,17-18H2,1-2H3/t24-/m1/s1. The second-order valence-electron chi connectivity index (χ2n) is 11.5. The summed E-state index contributed by atoms with van der Waals surface area (Å²) in [6.45, 7) is 7.70. The molecule has 2 fully saturated rings. The molecule has 2 saturated heterocycles. The molecule has 4 rings (SSSR count). The topological polar surface area (TPSA) is 36.0 Å². The van der Waals surface area contributed by atoms with Crippen LogP contribution in [0.1, 0.15) is 46.5 Å². The van der Waals surface area contributed by atoms with E-state index in [0.717, 1.165) is 12.1 Å². The lowest BCUT2D eigenvalue weighted by molar-refractivity contribution is -0.143. The molecule has 0 bridgehead atoms. The van der Waals surface area contributed by atoms with Gasteiger partial charge in [-0.1, -0.05) is 12.1 Å². The maximum Gasteiger partial charge on any atom is 0.416 e. The predicted molar refractivity (Wildman–Crippen MR) is 139 cm³/mol. The number of nitrogens with zero attached hydrogens (tertiary/aromatic N) is 3. The van der Waals surface area contributed by atoms with Crippen LogP contribution in [0.2, 0.25) is 0 Å². The van der Waals surface area contributed by atoms with E-state index in [1.807, 2.05) is 18.7 Å². The van der Waals surface area contributed by atoms with Gasteiger partial charge in [-0.2, -0.15) is 39.5 Å². The third-order valence-corrected chi connectivity index (χ3v) is 7.65. The Morgan fingerprint density at radius 2 is 1.35 bits per heavy atom. The van der Waals surface area contributed by atoms with Crippen molar-refractivity contribution >= 4 is 5.91 Å². The molecule has 43 heavy (non-hydrogen) atoms. The number of alkyl halides is 9. The summed E-state index contributed by atoms with van der Waals surface area (Å²) < 4.78 is 126. The molecule has 2 aliphatic rings. The molecule has 0 spiro atoms. The number of carbonyl (C=O) groups is 1. The Balaban J connectivity index is 1.59. The summed E-state index contributed by atoms with van der Waals surface area (Å²) in [7, 11) is 0. The summed E-state index contributed by atoms with van der Waals surface area (Å²) in [6.07, 6.45) is -14.8. The molecular formula is C29H32F9N3O2. The van der Waals surface area contributed by atoms with E-state index in [2.05, 4.69) is 4.90 Å². The third kappa shape index (κ3) is 8.63. The van der Waals surface area contributed by atoms with Gasteiger partial charge in [0.1, 0.15) is 0 Å². The second kappa shape index (κ2) is 12.3. The molecule has 1 amide bonds. The number of rotatable bonds is 6. The molecule has 0 saturated carbocycles. The van der Waals surface area contributed by atoms with Gasteiger partial charge in [0.2, 0.25) is 0 Å². The highest BCUT2D eigenvalue weighted by Crippen LogP contribution is 2.37. The lowest BCUT2D eigenvalue weighted by Gasteiger charge is -2.43. The fourth-order valence-corrected chi connectivity index (χ4v) is 5.50. The van der Waals surface area contributed by atoms with Crippen LogP contribution in [-0.2, 0) is 29.7 Å². The molecule has 0 aliphatic carbocycles. The minimum Gasteiger partial charge on any atom is -0.373 e. The number of hydrogen-bond donors (Lipinski definition) is 0. The minimum atomic E-state index is -5.12. The fraction of sp³-hybridized carbons (Fsp3) is 0.552. The molecule has 5 nitrogen and oxygen atoms in total. The van der Waals surface area contributed by atoms with Gasteiger partial charge < -0.3 is 9.64 Å². The van der Waals surface area contributed by atoms with Crippen molar-refractivity contribution in [1.82, 2.24) is 14.7 Å². The first-order chi connectivity index (χ1) is 19.8. The van der Waals surface area contributed by atoms with Gasteiger partial charge in [0, 0.05) is 57.4 Å². The van der Waals surface area contributed by atoms with Crippen molar-refractivity contribution < 1.29 is 49.0 Å². The van der Waals surface area contributed by atoms with Crippen LogP contribution in [0.3, 0.4) is 0 Å². The van der Waals surface area contributed by atoms with Gasteiger partial charge in [-0.25, -0.2) is 0 Å². The molecule has 2 aromatic carbocycles. The monoisotopic (exact) mass is 625 g/mol. The van der Waals surface area contributed by atoms with Gasteiger partial charge in [-0.3, -0.25) is 14.6 Å². The number of benzene rings is 2. The largest absolute Gasteiger partial charge is 0.416 e. The maximum absolute atomic E-state index is 13.5. The smallest absolute Gasteiger partial charge is 0.373 e. The first-order valence-electron chi connectivity index (χ1n) is 13.7. The summed E-state index contributed by atoms with van der Waals surface area (Å²) in [6, 6.07) is 4.34. The Bertz CT molecular complexity index is 1240. The van der Waals surface area contributed by atoms with E-state index in [9.17, 15) is 44.3 Å². The van der Waals surface area contributed by atoms with Gasteiger partial charge in [-0.15, -0.1) is 0 Å². The van der Waals surface area contributed by atoms with Crippen LogP contribution in [-0.4, -0.2) is 84.7 Å². The maximum atomic E-state index is 13.5. The number of piperazine rings is 1.